The van der Waals surface area contributed by atoms with Gasteiger partial charge in [-0.15, -0.1) is 0 Å². The number of rotatable bonds is 51. The second-order valence-corrected chi connectivity index (χ2v) is 20.7. The van der Waals surface area contributed by atoms with Gasteiger partial charge in [0.15, 0.2) is 6.29 Å². The Bertz CT molecular complexity index is 1480. The predicted octanol–water partition coefficient (Wildman–Crippen LogP) is 15.6. The van der Waals surface area contributed by atoms with Crippen LogP contribution in [-0.4, -0.2) is 87.5 Å². The molecule has 426 valence electrons. The molecule has 1 fully saturated rings. The number of hydrogen-bond acceptors (Lipinski definition) is 8. The highest BCUT2D eigenvalue weighted by molar-refractivity contribution is 5.76. The Balaban J connectivity index is 2.14. The molecular weight excluding hydrogens is 923 g/mol. The number of aliphatic hydroxyl groups excluding tert-OH is 5. The molecule has 74 heavy (non-hydrogen) atoms. The molecule has 1 rings (SSSR count). The smallest absolute Gasteiger partial charge is 0.220 e. The van der Waals surface area contributed by atoms with Crippen molar-refractivity contribution in [1.82, 2.24) is 5.32 Å². The third-order valence-corrected chi connectivity index (χ3v) is 13.9. The van der Waals surface area contributed by atoms with Crippen molar-refractivity contribution in [3.8, 4) is 0 Å². The predicted molar refractivity (Wildman–Crippen MR) is 313 cm³/mol. The summed E-state index contributed by atoms with van der Waals surface area (Å²) in [5, 5.41) is 54.5. The van der Waals surface area contributed by atoms with Crippen LogP contribution >= 0.6 is 0 Å². The van der Waals surface area contributed by atoms with Gasteiger partial charge >= 0.3 is 0 Å². The number of allylic oxidation sites excluding steroid dienone is 15. The lowest BCUT2D eigenvalue weighted by atomic mass is 9.99. The van der Waals surface area contributed by atoms with Crippen LogP contribution in [0.3, 0.4) is 0 Å². The molecule has 0 aromatic rings. The summed E-state index contributed by atoms with van der Waals surface area (Å²) in [5.74, 6) is -0.191. The summed E-state index contributed by atoms with van der Waals surface area (Å²) in [6, 6.07) is -0.831. The maximum atomic E-state index is 13.1. The standard InChI is InChI=1S/C65H113NO8/c1-3-5-7-9-11-13-15-17-19-21-22-23-24-25-26-27-28-29-30-31-32-33-34-35-36-37-38-39-41-43-45-47-49-51-53-55-61(69)66-58(57-73-65-64(72)63(71)62(70)60(56-67)74-65)59(68)54-52-50-48-46-44-42-40-20-18-16-14-12-10-8-6-4-2/h5,7,11,13,17-20,22-23,25-26,44,46,52,54,58-60,62-65,67-68,70-72H,3-4,6,8-10,12,14-16,21,24,27-43,45,47-51,53,55-57H2,1-2H3,(H,66,69)/b7-5-,13-11-,19-17-,20-18+,23-22-,26-25-,46-44+,54-52+. The summed E-state index contributed by atoms with van der Waals surface area (Å²) in [6.45, 7) is 3.64. The summed E-state index contributed by atoms with van der Waals surface area (Å²) < 4.78 is 11.2. The fourth-order valence-corrected chi connectivity index (χ4v) is 9.10. The molecule has 9 nitrogen and oxygen atoms in total. The first kappa shape index (κ1) is 69.1. The van der Waals surface area contributed by atoms with Gasteiger partial charge in [0.05, 0.1) is 25.4 Å². The first-order valence-corrected chi connectivity index (χ1v) is 30.5. The number of carbonyl (C=O) groups is 1. The fourth-order valence-electron chi connectivity index (χ4n) is 9.10. The van der Waals surface area contributed by atoms with Crippen molar-refractivity contribution in [1.29, 1.82) is 0 Å². The number of amides is 1. The average molecular weight is 1040 g/mol. The summed E-state index contributed by atoms with van der Waals surface area (Å²) in [6.07, 6.45) is 70.6. The first-order valence-electron chi connectivity index (χ1n) is 30.5. The van der Waals surface area contributed by atoms with Crippen molar-refractivity contribution in [3.63, 3.8) is 0 Å². The van der Waals surface area contributed by atoms with Gasteiger partial charge in [0.2, 0.25) is 5.91 Å². The van der Waals surface area contributed by atoms with E-state index in [2.05, 4.69) is 104 Å². The van der Waals surface area contributed by atoms with Crippen LogP contribution in [0.1, 0.15) is 251 Å². The van der Waals surface area contributed by atoms with E-state index in [1.54, 1.807) is 6.08 Å². The Morgan fingerprint density at radius 2 is 0.851 bits per heavy atom. The third kappa shape index (κ3) is 42.2. The normalized spacial score (nSPS) is 19.7. The van der Waals surface area contributed by atoms with E-state index in [1.807, 2.05) is 6.08 Å². The zero-order chi connectivity index (χ0) is 53.6. The summed E-state index contributed by atoms with van der Waals surface area (Å²) >= 11 is 0. The van der Waals surface area contributed by atoms with Crippen molar-refractivity contribution < 1.29 is 39.8 Å². The molecule has 7 atom stereocenters. The summed E-state index contributed by atoms with van der Waals surface area (Å²) in [5.41, 5.74) is 0. The zero-order valence-corrected chi connectivity index (χ0v) is 47.3. The molecular formula is C65H113NO8. The van der Waals surface area contributed by atoms with Crippen molar-refractivity contribution in [2.75, 3.05) is 13.2 Å². The molecule has 0 bridgehead atoms. The van der Waals surface area contributed by atoms with Crippen molar-refractivity contribution in [3.05, 3.63) is 97.2 Å². The van der Waals surface area contributed by atoms with Gasteiger partial charge in [-0.05, 0) is 89.9 Å². The van der Waals surface area contributed by atoms with E-state index >= 15 is 0 Å². The topological polar surface area (TPSA) is 149 Å². The lowest BCUT2D eigenvalue weighted by Crippen LogP contribution is -2.60. The lowest BCUT2D eigenvalue weighted by molar-refractivity contribution is -0.302. The summed E-state index contributed by atoms with van der Waals surface area (Å²) in [4.78, 5) is 13.1. The molecule has 6 N–H and O–H groups in total. The minimum absolute atomic E-state index is 0.191. The monoisotopic (exact) mass is 1040 g/mol. The molecule has 7 unspecified atom stereocenters. The maximum absolute atomic E-state index is 13.1. The van der Waals surface area contributed by atoms with Crippen LogP contribution in [0.4, 0.5) is 0 Å². The van der Waals surface area contributed by atoms with Gasteiger partial charge in [0.1, 0.15) is 24.4 Å². The lowest BCUT2D eigenvalue weighted by Gasteiger charge is -2.40. The molecule has 1 heterocycles. The number of nitrogens with one attached hydrogen (secondary N) is 1. The average Bonchev–Trinajstić information content (AvgIpc) is 3.40. The Labute approximate surface area is 453 Å². The number of carbonyl (C=O) groups excluding carboxylic acids is 1. The Morgan fingerprint density at radius 1 is 0.473 bits per heavy atom. The Morgan fingerprint density at radius 3 is 1.30 bits per heavy atom. The molecule has 0 saturated carbocycles. The number of aliphatic hydroxyl groups is 5. The maximum Gasteiger partial charge on any atom is 0.220 e. The van der Waals surface area contributed by atoms with Crippen LogP contribution in [0.2, 0.25) is 0 Å². The van der Waals surface area contributed by atoms with E-state index in [9.17, 15) is 30.3 Å². The second kappa shape index (κ2) is 53.5. The van der Waals surface area contributed by atoms with E-state index in [1.165, 1.54) is 148 Å². The van der Waals surface area contributed by atoms with Crippen LogP contribution < -0.4 is 5.32 Å². The van der Waals surface area contributed by atoms with Crippen LogP contribution in [0.15, 0.2) is 97.2 Å². The van der Waals surface area contributed by atoms with E-state index in [0.29, 0.717) is 6.42 Å². The van der Waals surface area contributed by atoms with Crippen LogP contribution in [0.5, 0.6) is 0 Å². The van der Waals surface area contributed by atoms with E-state index in [0.717, 1.165) is 83.5 Å². The number of unbranched alkanes of at least 4 members (excludes halogenated alkanes) is 27. The SMILES string of the molecule is CC/C=C\C/C=C\C/C=C\C/C=C\C/C=C\CCCCCCCCCCCCCCCCCCCCCC(=O)NC(COC1OC(CO)C(O)C(O)C1O)C(O)/C=C/CC/C=C/CC/C=C/CCCCCCCC. The van der Waals surface area contributed by atoms with Crippen LogP contribution in [-0.2, 0) is 14.3 Å². The highest BCUT2D eigenvalue weighted by Crippen LogP contribution is 2.23. The molecule has 0 aromatic heterocycles. The van der Waals surface area contributed by atoms with E-state index < -0.39 is 49.5 Å². The highest BCUT2D eigenvalue weighted by atomic mass is 16.7. The molecule has 0 spiro atoms. The Hall–Kier alpha value is -2.89. The molecule has 1 aliphatic rings. The fraction of sp³-hybridized carbons (Fsp3) is 0.738. The highest BCUT2D eigenvalue weighted by Gasteiger charge is 2.44. The molecule has 1 saturated heterocycles. The minimum atomic E-state index is -1.58. The van der Waals surface area contributed by atoms with Gasteiger partial charge in [0.25, 0.3) is 0 Å². The van der Waals surface area contributed by atoms with Gasteiger partial charge < -0.3 is 40.3 Å². The number of hydrogen-bond donors (Lipinski definition) is 6. The van der Waals surface area contributed by atoms with Gasteiger partial charge in [-0.2, -0.15) is 0 Å². The molecule has 1 aliphatic heterocycles. The van der Waals surface area contributed by atoms with Gasteiger partial charge in [-0.25, -0.2) is 0 Å². The van der Waals surface area contributed by atoms with Gasteiger partial charge in [-0.1, -0.05) is 252 Å². The van der Waals surface area contributed by atoms with E-state index in [-0.39, 0.29) is 12.5 Å². The molecule has 0 aliphatic carbocycles. The Kier molecular flexibility index (Phi) is 50.0. The molecule has 0 radical (unpaired) electrons. The third-order valence-electron chi connectivity index (χ3n) is 13.9. The quantitative estimate of drug-likeness (QED) is 0.0261. The molecule has 0 aromatic carbocycles. The number of ether oxygens (including phenoxy) is 2. The largest absolute Gasteiger partial charge is 0.394 e. The zero-order valence-electron chi connectivity index (χ0n) is 47.3. The first-order chi connectivity index (χ1) is 36.3. The van der Waals surface area contributed by atoms with Gasteiger partial charge in [-0.3, -0.25) is 4.79 Å². The second-order valence-electron chi connectivity index (χ2n) is 20.7. The van der Waals surface area contributed by atoms with Gasteiger partial charge in [0, 0.05) is 6.42 Å². The van der Waals surface area contributed by atoms with Crippen LogP contribution in [0.25, 0.3) is 0 Å². The van der Waals surface area contributed by atoms with Crippen molar-refractivity contribution >= 4 is 5.91 Å². The molecule has 9 heteroatoms. The van der Waals surface area contributed by atoms with Crippen molar-refractivity contribution in [2.24, 2.45) is 0 Å². The molecule has 1 amide bonds. The van der Waals surface area contributed by atoms with Crippen molar-refractivity contribution in [2.45, 2.75) is 294 Å². The summed E-state index contributed by atoms with van der Waals surface area (Å²) in [7, 11) is 0. The van der Waals surface area contributed by atoms with Crippen LogP contribution in [0, 0.1) is 0 Å². The van der Waals surface area contributed by atoms with E-state index in [4.69, 9.17) is 9.47 Å². The minimum Gasteiger partial charge on any atom is -0.394 e.